The van der Waals surface area contributed by atoms with Crippen LogP contribution < -0.4 is 0 Å². The van der Waals surface area contributed by atoms with Crippen LogP contribution in [0.4, 0.5) is 13.2 Å². The first-order valence-electron chi connectivity index (χ1n) is 11.6. The Balaban J connectivity index is 1.28. The van der Waals surface area contributed by atoms with Crippen molar-refractivity contribution in [1.82, 2.24) is 14.3 Å². The lowest BCUT2D eigenvalue weighted by atomic mass is 10.0. The number of carbonyl (C=O) groups excluding carboxylic acids is 1. The maximum Gasteiger partial charge on any atom is 0.416 e. The third kappa shape index (κ3) is 5.14. The summed E-state index contributed by atoms with van der Waals surface area (Å²) in [6, 6.07) is 13.9. The van der Waals surface area contributed by atoms with Crippen LogP contribution in [0.1, 0.15) is 30.5 Å². The monoisotopic (exact) mass is 529 g/mol. The normalized spacial score (nSPS) is 16.9. The highest BCUT2D eigenvalue weighted by Gasteiger charge is 2.40. The lowest BCUT2D eigenvalue weighted by Gasteiger charge is -2.21. The van der Waals surface area contributed by atoms with Crippen molar-refractivity contribution >= 4 is 26.8 Å². The Hall–Kier alpha value is -3.57. The highest BCUT2D eigenvalue weighted by atomic mass is 32.2. The minimum absolute atomic E-state index is 0.0558. The number of benzene rings is 2. The molecular formula is C26H22F3N3O4S. The summed E-state index contributed by atoms with van der Waals surface area (Å²) in [5.74, 6) is -0.230. The Morgan fingerprint density at radius 1 is 1.05 bits per heavy atom. The van der Waals surface area contributed by atoms with Crippen LogP contribution in [0.15, 0.2) is 76.5 Å². The molecule has 1 atom stereocenters. The van der Waals surface area contributed by atoms with Crippen molar-refractivity contribution in [3.63, 3.8) is 0 Å². The van der Waals surface area contributed by atoms with Crippen molar-refractivity contribution in [2.75, 3.05) is 6.54 Å². The summed E-state index contributed by atoms with van der Waals surface area (Å²) in [6.07, 6.45) is -1.87. The molecular weight excluding hydrogens is 507 g/mol. The SMILES string of the molecule is O=C(CCc1cc(-c2ccc(C(F)(F)F)cc2)ncn1)[C@@H]1CCCN1S(=O)(=O)c1cc2ccccc2o1. The first-order chi connectivity index (χ1) is 17.6. The average molecular weight is 530 g/mol. The summed E-state index contributed by atoms with van der Waals surface area (Å²) in [5.41, 5.74) is 1.15. The number of ketones is 1. The van der Waals surface area contributed by atoms with Gasteiger partial charge in [0.05, 0.1) is 17.3 Å². The summed E-state index contributed by atoms with van der Waals surface area (Å²) < 4.78 is 71.8. The highest BCUT2D eigenvalue weighted by Crippen LogP contribution is 2.32. The standard InChI is InChI=1S/C26H22F3N3O4S/c27-26(28,29)19-9-7-17(8-10-19)21-15-20(30-16-31-21)11-12-23(33)22-5-3-13-32(22)37(34,35)25-14-18-4-1-2-6-24(18)36-25/h1-2,4,6-10,14-16,22H,3,5,11-13H2/t22-/m0/s1. The van der Waals surface area contributed by atoms with Gasteiger partial charge in [0.2, 0.25) is 5.09 Å². The molecule has 0 aliphatic carbocycles. The number of furan rings is 1. The van der Waals surface area contributed by atoms with Gasteiger partial charge in [0.15, 0.2) is 5.78 Å². The van der Waals surface area contributed by atoms with Crippen LogP contribution in [-0.2, 0) is 27.4 Å². The molecule has 37 heavy (non-hydrogen) atoms. The summed E-state index contributed by atoms with van der Waals surface area (Å²) in [7, 11) is -3.99. The van der Waals surface area contributed by atoms with Crippen molar-refractivity contribution < 1.29 is 30.8 Å². The number of rotatable bonds is 7. The lowest BCUT2D eigenvalue weighted by molar-refractivity contribution is -0.137. The second-order valence-electron chi connectivity index (χ2n) is 8.81. The van der Waals surface area contributed by atoms with Gasteiger partial charge < -0.3 is 4.42 Å². The molecule has 2 aromatic heterocycles. The third-order valence-corrected chi connectivity index (χ3v) is 8.16. The van der Waals surface area contributed by atoms with Crippen molar-refractivity contribution in [2.24, 2.45) is 0 Å². The number of Topliss-reactive ketones (excluding diaryl/α,β-unsaturated/α-hetero) is 1. The molecule has 5 rings (SSSR count). The maximum absolute atomic E-state index is 13.3. The van der Waals surface area contributed by atoms with Crippen LogP contribution in [0.3, 0.4) is 0 Å². The molecule has 0 saturated carbocycles. The number of sulfonamides is 1. The Morgan fingerprint density at radius 2 is 1.81 bits per heavy atom. The Bertz CT molecular complexity index is 1520. The fourth-order valence-corrected chi connectivity index (χ4v) is 6.12. The molecule has 1 aliphatic rings. The average Bonchev–Trinajstić information content (AvgIpc) is 3.55. The predicted octanol–water partition coefficient (Wildman–Crippen LogP) is 5.26. The van der Waals surface area contributed by atoms with Gasteiger partial charge in [-0.05, 0) is 43.5 Å². The first-order valence-corrected chi connectivity index (χ1v) is 13.1. The number of hydrogen-bond donors (Lipinski definition) is 0. The number of carbonyl (C=O) groups is 1. The zero-order valence-corrected chi connectivity index (χ0v) is 20.3. The summed E-state index contributed by atoms with van der Waals surface area (Å²) in [4.78, 5) is 21.4. The molecule has 0 unspecified atom stereocenters. The van der Waals surface area contributed by atoms with Crippen molar-refractivity contribution in [2.45, 2.75) is 43.0 Å². The van der Waals surface area contributed by atoms with Gasteiger partial charge >= 0.3 is 6.18 Å². The Morgan fingerprint density at radius 3 is 2.54 bits per heavy atom. The zero-order chi connectivity index (χ0) is 26.2. The number of alkyl halides is 3. The molecule has 0 radical (unpaired) electrons. The summed E-state index contributed by atoms with van der Waals surface area (Å²) >= 11 is 0. The van der Waals surface area contributed by atoms with E-state index in [0.29, 0.717) is 40.8 Å². The number of halogens is 3. The summed E-state index contributed by atoms with van der Waals surface area (Å²) in [5, 5.41) is 0.473. The first kappa shape index (κ1) is 25.1. The number of aromatic nitrogens is 2. The van der Waals surface area contributed by atoms with Crippen molar-refractivity contribution in [1.29, 1.82) is 0 Å². The molecule has 0 spiro atoms. The van der Waals surface area contributed by atoms with E-state index in [-0.39, 0.29) is 30.3 Å². The third-order valence-electron chi connectivity index (χ3n) is 6.40. The van der Waals surface area contributed by atoms with Gasteiger partial charge in [-0.2, -0.15) is 17.5 Å². The van der Waals surface area contributed by atoms with Gasteiger partial charge in [-0.25, -0.2) is 18.4 Å². The quantitative estimate of drug-likeness (QED) is 0.324. The molecule has 0 N–H and O–H groups in total. The van der Waals surface area contributed by atoms with Gasteiger partial charge in [-0.3, -0.25) is 4.79 Å². The molecule has 1 fully saturated rings. The van der Waals surface area contributed by atoms with Gasteiger partial charge in [0, 0.05) is 35.7 Å². The molecule has 3 heterocycles. The van der Waals surface area contributed by atoms with Gasteiger partial charge in [-0.1, -0.05) is 30.3 Å². The van der Waals surface area contributed by atoms with E-state index >= 15 is 0 Å². The van der Waals surface area contributed by atoms with Crippen molar-refractivity contribution in [3.05, 3.63) is 78.2 Å². The van der Waals surface area contributed by atoms with E-state index in [2.05, 4.69) is 9.97 Å². The van der Waals surface area contributed by atoms with Crippen LogP contribution in [0.5, 0.6) is 0 Å². The van der Waals surface area contributed by atoms with Crippen LogP contribution in [-0.4, -0.2) is 41.1 Å². The Kier molecular flexibility index (Phi) is 6.59. The van der Waals surface area contributed by atoms with E-state index in [1.165, 1.54) is 28.8 Å². The van der Waals surface area contributed by atoms with Gasteiger partial charge in [0.1, 0.15) is 11.9 Å². The minimum atomic E-state index is -4.43. The number of aryl methyl sites for hydroxylation is 1. The van der Waals surface area contributed by atoms with E-state index in [0.717, 1.165) is 12.1 Å². The van der Waals surface area contributed by atoms with E-state index in [1.807, 2.05) is 0 Å². The number of para-hydroxylation sites is 1. The highest BCUT2D eigenvalue weighted by molar-refractivity contribution is 7.89. The smallest absolute Gasteiger partial charge is 0.416 e. The molecule has 0 amide bonds. The molecule has 11 heteroatoms. The maximum atomic E-state index is 13.3. The second-order valence-corrected chi connectivity index (χ2v) is 10.6. The molecule has 1 saturated heterocycles. The van der Waals surface area contributed by atoms with Crippen LogP contribution in [0.2, 0.25) is 0 Å². The van der Waals surface area contributed by atoms with E-state index in [9.17, 15) is 26.4 Å². The van der Waals surface area contributed by atoms with Crippen LogP contribution >= 0.6 is 0 Å². The molecule has 0 bridgehead atoms. The van der Waals surface area contributed by atoms with Crippen molar-refractivity contribution in [3.8, 4) is 11.3 Å². The zero-order valence-electron chi connectivity index (χ0n) is 19.5. The Labute approximate surface area is 211 Å². The fraction of sp³-hybridized carbons (Fsp3) is 0.269. The number of nitrogens with zero attached hydrogens (tertiary/aromatic N) is 3. The molecule has 192 valence electrons. The second kappa shape index (κ2) is 9.71. The van der Waals surface area contributed by atoms with Gasteiger partial charge in [0.25, 0.3) is 10.0 Å². The fourth-order valence-electron chi connectivity index (χ4n) is 4.49. The topological polar surface area (TPSA) is 93.4 Å². The molecule has 4 aromatic rings. The predicted molar refractivity (Wildman–Crippen MR) is 129 cm³/mol. The van der Waals surface area contributed by atoms with E-state index < -0.39 is 27.8 Å². The summed E-state index contributed by atoms with van der Waals surface area (Å²) in [6.45, 7) is 0.224. The molecule has 1 aliphatic heterocycles. The van der Waals surface area contributed by atoms with Gasteiger partial charge in [-0.15, -0.1) is 0 Å². The van der Waals surface area contributed by atoms with E-state index in [1.54, 1.807) is 30.3 Å². The van der Waals surface area contributed by atoms with Crippen LogP contribution in [0.25, 0.3) is 22.2 Å². The molecule has 7 nitrogen and oxygen atoms in total. The molecule has 2 aromatic carbocycles. The number of hydrogen-bond acceptors (Lipinski definition) is 6. The van der Waals surface area contributed by atoms with Crippen LogP contribution in [0, 0.1) is 0 Å². The number of fused-ring (bicyclic) bond motifs is 1. The largest absolute Gasteiger partial charge is 0.443 e. The van der Waals surface area contributed by atoms with E-state index in [4.69, 9.17) is 4.42 Å². The minimum Gasteiger partial charge on any atom is -0.443 e. The lowest BCUT2D eigenvalue weighted by Crippen LogP contribution is -2.40.